The number of carbonyl (C=O) groups is 1. The molecule has 0 fully saturated rings. The van der Waals surface area contributed by atoms with Crippen LogP contribution in [0, 0.1) is 0 Å². The fourth-order valence-electron chi connectivity index (χ4n) is 2.39. The van der Waals surface area contributed by atoms with E-state index >= 15 is 0 Å². The van der Waals surface area contributed by atoms with Gasteiger partial charge < -0.3 is 15.0 Å². The lowest BCUT2D eigenvalue weighted by molar-refractivity contribution is 0.0530. The topological polar surface area (TPSA) is 72.1 Å². The molecule has 0 spiro atoms. The first-order valence-corrected chi connectivity index (χ1v) is 8.12. The van der Waals surface area contributed by atoms with Gasteiger partial charge in [-0.25, -0.2) is 0 Å². The molecule has 1 atom stereocenters. The molecule has 0 aromatic carbocycles. The molecule has 0 radical (unpaired) electrons. The number of thiophene rings is 1. The summed E-state index contributed by atoms with van der Waals surface area (Å²) < 4.78 is 3.48. The van der Waals surface area contributed by atoms with Gasteiger partial charge in [-0.1, -0.05) is 0 Å². The lowest BCUT2D eigenvalue weighted by atomic mass is 9.99. The summed E-state index contributed by atoms with van der Waals surface area (Å²) in [5, 5.41) is 21.2. The summed E-state index contributed by atoms with van der Waals surface area (Å²) in [5.41, 5.74) is 0.148. The first kappa shape index (κ1) is 15.5. The Morgan fingerprint density at radius 1 is 1.43 bits per heavy atom. The van der Waals surface area contributed by atoms with Gasteiger partial charge in [0, 0.05) is 19.4 Å². The molecule has 6 nitrogen and oxygen atoms in total. The van der Waals surface area contributed by atoms with Crippen LogP contribution in [0.3, 0.4) is 0 Å². The summed E-state index contributed by atoms with van der Waals surface area (Å²) in [5.74, 6) is 0.417. The Hall–Kier alpha value is -2.38. The van der Waals surface area contributed by atoms with Gasteiger partial charge in [-0.2, -0.15) is 16.4 Å². The summed E-state index contributed by atoms with van der Waals surface area (Å²) in [6.45, 7) is 1.81. The van der Waals surface area contributed by atoms with Crippen LogP contribution in [0.25, 0.3) is 5.82 Å². The molecule has 0 aliphatic rings. The molecule has 2 N–H and O–H groups in total. The molecular formula is C16H18N4O2S. The van der Waals surface area contributed by atoms with E-state index in [4.69, 9.17) is 0 Å². The van der Waals surface area contributed by atoms with E-state index in [1.165, 1.54) is 17.5 Å². The molecule has 0 aliphatic carbocycles. The van der Waals surface area contributed by atoms with Crippen molar-refractivity contribution in [2.45, 2.75) is 12.5 Å². The molecule has 3 aromatic heterocycles. The van der Waals surface area contributed by atoms with E-state index < -0.39 is 5.60 Å². The van der Waals surface area contributed by atoms with Crippen molar-refractivity contribution >= 4 is 17.2 Å². The van der Waals surface area contributed by atoms with Crippen LogP contribution in [0.4, 0.5) is 0 Å². The molecule has 0 saturated heterocycles. The third kappa shape index (κ3) is 3.06. The normalized spacial score (nSPS) is 13.7. The zero-order chi connectivity index (χ0) is 16.4. The highest BCUT2D eigenvalue weighted by molar-refractivity contribution is 7.08. The number of carbonyl (C=O) groups excluding carboxylic acids is 1. The summed E-state index contributed by atoms with van der Waals surface area (Å²) in [6.07, 6.45) is 5.24. The molecule has 7 heteroatoms. The third-order valence-electron chi connectivity index (χ3n) is 3.74. The van der Waals surface area contributed by atoms with Crippen molar-refractivity contribution in [2.75, 3.05) is 6.54 Å². The Labute approximate surface area is 138 Å². The SMILES string of the molecule is Cn1ncc(C(=O)NC[C@](C)(O)c2ccsc2)c1-n1cccc1. The van der Waals surface area contributed by atoms with Gasteiger partial charge in [-0.3, -0.25) is 9.48 Å². The number of rotatable bonds is 5. The van der Waals surface area contributed by atoms with Crippen molar-refractivity contribution < 1.29 is 9.90 Å². The largest absolute Gasteiger partial charge is 0.384 e. The molecule has 23 heavy (non-hydrogen) atoms. The van der Waals surface area contributed by atoms with Crippen LogP contribution >= 0.6 is 11.3 Å². The standard InChI is InChI=1S/C16H18N4O2S/c1-16(22,12-5-8-23-10-12)11-17-14(21)13-9-18-19(2)15(13)20-6-3-4-7-20/h3-10,22H,11H2,1-2H3,(H,17,21)/t16-/m0/s1. The first-order chi connectivity index (χ1) is 11.0. The van der Waals surface area contributed by atoms with E-state index in [1.54, 1.807) is 18.7 Å². The first-order valence-electron chi connectivity index (χ1n) is 7.17. The van der Waals surface area contributed by atoms with Crippen molar-refractivity contribution in [1.82, 2.24) is 19.7 Å². The smallest absolute Gasteiger partial charge is 0.256 e. The summed E-state index contributed by atoms with van der Waals surface area (Å²) in [7, 11) is 1.79. The van der Waals surface area contributed by atoms with Crippen molar-refractivity contribution in [3.8, 4) is 5.82 Å². The van der Waals surface area contributed by atoms with Crippen molar-refractivity contribution in [3.63, 3.8) is 0 Å². The number of nitrogens with one attached hydrogen (secondary N) is 1. The molecule has 120 valence electrons. The monoisotopic (exact) mass is 330 g/mol. The summed E-state index contributed by atoms with van der Waals surface area (Å²) >= 11 is 1.51. The van der Waals surface area contributed by atoms with E-state index in [0.717, 1.165) is 5.56 Å². The Balaban J connectivity index is 1.77. The van der Waals surface area contributed by atoms with Gasteiger partial charge in [0.25, 0.3) is 5.91 Å². The highest BCUT2D eigenvalue weighted by atomic mass is 32.1. The average molecular weight is 330 g/mol. The van der Waals surface area contributed by atoms with Crippen LogP contribution in [0.5, 0.6) is 0 Å². The van der Waals surface area contributed by atoms with E-state index in [-0.39, 0.29) is 12.5 Å². The Morgan fingerprint density at radius 2 is 2.17 bits per heavy atom. The fourth-order valence-corrected chi connectivity index (χ4v) is 3.18. The minimum Gasteiger partial charge on any atom is -0.384 e. The lowest BCUT2D eigenvalue weighted by Gasteiger charge is -2.22. The average Bonchev–Trinajstić information content (AvgIpc) is 3.25. The predicted molar refractivity (Wildman–Crippen MR) is 88.8 cm³/mol. The molecule has 0 unspecified atom stereocenters. The van der Waals surface area contributed by atoms with Crippen LogP contribution in [0.2, 0.25) is 0 Å². The number of amides is 1. The number of hydrogen-bond donors (Lipinski definition) is 2. The minimum absolute atomic E-state index is 0.128. The number of aliphatic hydroxyl groups is 1. The number of hydrogen-bond acceptors (Lipinski definition) is 4. The number of aryl methyl sites for hydroxylation is 1. The fraction of sp³-hybridized carbons (Fsp3) is 0.250. The highest BCUT2D eigenvalue weighted by Crippen LogP contribution is 2.22. The predicted octanol–water partition coefficient (Wildman–Crippen LogP) is 1.91. The molecule has 3 rings (SSSR count). The van der Waals surface area contributed by atoms with Crippen LogP contribution in [0.1, 0.15) is 22.8 Å². The number of aromatic nitrogens is 3. The van der Waals surface area contributed by atoms with Crippen LogP contribution in [-0.4, -0.2) is 31.9 Å². The maximum Gasteiger partial charge on any atom is 0.256 e. The molecular weight excluding hydrogens is 312 g/mol. The van der Waals surface area contributed by atoms with E-state index in [0.29, 0.717) is 11.4 Å². The second-order valence-corrected chi connectivity index (χ2v) is 6.34. The maximum atomic E-state index is 12.5. The summed E-state index contributed by atoms with van der Waals surface area (Å²) in [4.78, 5) is 12.5. The molecule has 0 saturated carbocycles. The van der Waals surface area contributed by atoms with Gasteiger partial charge in [0.1, 0.15) is 17.0 Å². The van der Waals surface area contributed by atoms with Gasteiger partial charge >= 0.3 is 0 Å². The summed E-state index contributed by atoms with van der Waals surface area (Å²) in [6, 6.07) is 5.62. The van der Waals surface area contributed by atoms with Crippen LogP contribution in [-0.2, 0) is 12.6 Å². The molecule has 0 bridgehead atoms. The Kier molecular flexibility index (Phi) is 4.06. The van der Waals surface area contributed by atoms with Gasteiger partial charge in [-0.05, 0) is 41.4 Å². The molecule has 3 aromatic rings. The molecule has 1 amide bonds. The molecule has 0 aliphatic heterocycles. The van der Waals surface area contributed by atoms with Crippen molar-refractivity contribution in [1.29, 1.82) is 0 Å². The third-order valence-corrected chi connectivity index (χ3v) is 4.42. The second kappa shape index (κ2) is 6.02. The minimum atomic E-state index is -1.11. The lowest BCUT2D eigenvalue weighted by Crippen LogP contribution is -2.38. The highest BCUT2D eigenvalue weighted by Gasteiger charge is 2.25. The van der Waals surface area contributed by atoms with Crippen LogP contribution < -0.4 is 5.32 Å². The Morgan fingerprint density at radius 3 is 2.83 bits per heavy atom. The van der Waals surface area contributed by atoms with Gasteiger partial charge in [0.15, 0.2) is 0 Å². The van der Waals surface area contributed by atoms with Gasteiger partial charge in [0.2, 0.25) is 0 Å². The van der Waals surface area contributed by atoms with Crippen LogP contribution in [0.15, 0.2) is 47.5 Å². The van der Waals surface area contributed by atoms with Gasteiger partial charge in [-0.15, -0.1) is 0 Å². The zero-order valence-corrected chi connectivity index (χ0v) is 13.7. The second-order valence-electron chi connectivity index (χ2n) is 5.56. The zero-order valence-electron chi connectivity index (χ0n) is 12.9. The van der Waals surface area contributed by atoms with E-state index in [9.17, 15) is 9.90 Å². The van der Waals surface area contributed by atoms with Crippen molar-refractivity contribution in [2.24, 2.45) is 7.05 Å². The Bertz CT molecular complexity index is 788. The maximum absolute atomic E-state index is 12.5. The van der Waals surface area contributed by atoms with Crippen molar-refractivity contribution in [3.05, 3.63) is 58.7 Å². The van der Waals surface area contributed by atoms with Gasteiger partial charge in [0.05, 0.1) is 12.7 Å². The van der Waals surface area contributed by atoms with E-state index in [2.05, 4.69) is 10.4 Å². The van der Waals surface area contributed by atoms with E-state index in [1.807, 2.05) is 45.9 Å². The molecule has 3 heterocycles. The quantitative estimate of drug-likeness (QED) is 0.751. The number of nitrogens with zero attached hydrogens (tertiary/aromatic N) is 3.